The number of aldehydes is 1. The Bertz CT molecular complexity index is 673. The molecule has 0 aliphatic heterocycles. The third kappa shape index (κ3) is 2.18. The highest BCUT2D eigenvalue weighted by atomic mass is 79.9. The fourth-order valence-electron chi connectivity index (χ4n) is 2.06. The highest BCUT2D eigenvalue weighted by Crippen LogP contribution is 2.31. The van der Waals surface area contributed by atoms with E-state index in [1.807, 2.05) is 19.9 Å². The summed E-state index contributed by atoms with van der Waals surface area (Å²) >= 11 is 3.46. The molecule has 1 heterocycles. The zero-order valence-corrected chi connectivity index (χ0v) is 12.6. The summed E-state index contributed by atoms with van der Waals surface area (Å²) in [6.45, 7) is 5.92. The van der Waals surface area contributed by atoms with Crippen LogP contribution in [0.25, 0.3) is 10.9 Å². The summed E-state index contributed by atoms with van der Waals surface area (Å²) in [6, 6.07) is 1.85. The van der Waals surface area contributed by atoms with E-state index in [1.54, 1.807) is 6.92 Å². The minimum Gasteiger partial charge on any atom is -0.461 e. The van der Waals surface area contributed by atoms with Gasteiger partial charge in [-0.25, -0.2) is 4.79 Å². The van der Waals surface area contributed by atoms with Crippen molar-refractivity contribution in [3.05, 3.63) is 32.9 Å². The van der Waals surface area contributed by atoms with Gasteiger partial charge in [-0.3, -0.25) is 4.79 Å². The van der Waals surface area contributed by atoms with E-state index in [-0.39, 0.29) is 12.3 Å². The minimum atomic E-state index is -0.506. The molecule has 0 atom stereocenters. The predicted molar refractivity (Wildman–Crippen MR) is 76.8 cm³/mol. The number of benzene rings is 1. The van der Waals surface area contributed by atoms with Gasteiger partial charge in [-0.1, -0.05) is 15.9 Å². The number of aromatic amines is 1. The van der Waals surface area contributed by atoms with Crippen LogP contribution >= 0.6 is 15.9 Å². The molecule has 1 N–H and O–H groups in total. The number of nitrogens with one attached hydrogen (secondary N) is 1. The Hall–Kier alpha value is -1.62. The standard InChI is InChI=1S/C14H14BrNO3/c1-4-19-14(18)13-10(6-17)9-5-11(15)7(2)8(3)12(9)16-13/h5-6,16H,4H2,1-3H3. The molecule has 19 heavy (non-hydrogen) atoms. The van der Waals surface area contributed by atoms with Gasteiger partial charge in [-0.05, 0) is 38.0 Å². The number of fused-ring (bicyclic) bond motifs is 1. The number of hydrogen-bond acceptors (Lipinski definition) is 3. The number of ether oxygens (including phenoxy) is 1. The molecule has 0 fully saturated rings. The first-order chi connectivity index (χ1) is 9.01. The minimum absolute atomic E-state index is 0.215. The zero-order valence-electron chi connectivity index (χ0n) is 11.0. The maximum atomic E-state index is 11.9. The van der Waals surface area contributed by atoms with E-state index in [0.717, 1.165) is 26.5 Å². The van der Waals surface area contributed by atoms with Crippen LogP contribution in [0.1, 0.15) is 38.9 Å². The van der Waals surface area contributed by atoms with Gasteiger partial charge >= 0.3 is 5.97 Å². The Balaban J connectivity index is 2.78. The van der Waals surface area contributed by atoms with E-state index in [0.29, 0.717) is 11.8 Å². The van der Waals surface area contributed by atoms with Gasteiger partial charge in [0, 0.05) is 9.86 Å². The molecule has 0 aliphatic rings. The largest absolute Gasteiger partial charge is 0.461 e. The van der Waals surface area contributed by atoms with Crippen LogP contribution in [0, 0.1) is 13.8 Å². The summed E-state index contributed by atoms with van der Waals surface area (Å²) in [5.74, 6) is -0.506. The molecule has 0 saturated carbocycles. The van der Waals surface area contributed by atoms with Crippen LogP contribution in [0.15, 0.2) is 10.5 Å². The number of carbonyl (C=O) groups is 2. The van der Waals surface area contributed by atoms with Crippen molar-refractivity contribution in [2.24, 2.45) is 0 Å². The number of aryl methyl sites for hydroxylation is 1. The maximum Gasteiger partial charge on any atom is 0.355 e. The van der Waals surface area contributed by atoms with E-state index in [9.17, 15) is 9.59 Å². The Labute approximate surface area is 119 Å². The highest BCUT2D eigenvalue weighted by molar-refractivity contribution is 9.10. The quantitative estimate of drug-likeness (QED) is 0.694. The summed E-state index contributed by atoms with van der Waals surface area (Å²) in [5, 5.41) is 0.730. The molecule has 1 aromatic carbocycles. The topological polar surface area (TPSA) is 59.2 Å². The number of hydrogen-bond donors (Lipinski definition) is 1. The van der Waals surface area contributed by atoms with Gasteiger partial charge in [-0.15, -0.1) is 0 Å². The second-order valence-electron chi connectivity index (χ2n) is 4.28. The molecule has 100 valence electrons. The van der Waals surface area contributed by atoms with Crippen LogP contribution < -0.4 is 0 Å². The lowest BCUT2D eigenvalue weighted by Crippen LogP contribution is -2.07. The molecule has 0 amide bonds. The van der Waals surface area contributed by atoms with Crippen molar-refractivity contribution in [1.82, 2.24) is 4.98 Å². The Kier molecular flexibility index (Phi) is 3.75. The summed E-state index contributed by atoms with van der Waals surface area (Å²) in [5.41, 5.74) is 3.43. The van der Waals surface area contributed by atoms with Gasteiger partial charge in [0.2, 0.25) is 0 Å². The van der Waals surface area contributed by atoms with Crippen molar-refractivity contribution < 1.29 is 14.3 Å². The molecular weight excluding hydrogens is 310 g/mol. The monoisotopic (exact) mass is 323 g/mol. The van der Waals surface area contributed by atoms with Crippen molar-refractivity contribution in [1.29, 1.82) is 0 Å². The van der Waals surface area contributed by atoms with Crippen molar-refractivity contribution >= 4 is 39.1 Å². The van der Waals surface area contributed by atoms with Crippen molar-refractivity contribution in [2.45, 2.75) is 20.8 Å². The van der Waals surface area contributed by atoms with Crippen LogP contribution in [-0.2, 0) is 4.74 Å². The molecule has 5 heteroatoms. The summed E-state index contributed by atoms with van der Waals surface area (Å²) < 4.78 is 5.87. The molecule has 0 unspecified atom stereocenters. The van der Waals surface area contributed by atoms with Crippen LogP contribution in [0.4, 0.5) is 0 Å². The lowest BCUT2D eigenvalue weighted by molar-refractivity contribution is 0.0518. The number of aromatic nitrogens is 1. The maximum absolute atomic E-state index is 11.9. The van der Waals surface area contributed by atoms with Gasteiger partial charge in [0.25, 0.3) is 0 Å². The molecule has 0 bridgehead atoms. The highest BCUT2D eigenvalue weighted by Gasteiger charge is 2.20. The number of rotatable bonds is 3. The van der Waals surface area contributed by atoms with Gasteiger partial charge in [0.05, 0.1) is 17.7 Å². The second-order valence-corrected chi connectivity index (χ2v) is 5.14. The van der Waals surface area contributed by atoms with E-state index < -0.39 is 5.97 Å². The fraction of sp³-hybridized carbons (Fsp3) is 0.286. The molecule has 0 saturated heterocycles. The fourth-order valence-corrected chi connectivity index (χ4v) is 2.59. The van der Waals surface area contributed by atoms with Crippen molar-refractivity contribution in [2.75, 3.05) is 6.61 Å². The van der Waals surface area contributed by atoms with Gasteiger partial charge in [0.15, 0.2) is 6.29 Å². The van der Waals surface area contributed by atoms with Crippen LogP contribution in [0.3, 0.4) is 0 Å². The number of halogens is 1. The molecule has 1 aromatic heterocycles. The smallest absolute Gasteiger partial charge is 0.355 e. The molecule has 0 aliphatic carbocycles. The van der Waals surface area contributed by atoms with Gasteiger partial charge in [0.1, 0.15) is 5.69 Å². The first-order valence-corrected chi connectivity index (χ1v) is 6.74. The first-order valence-electron chi connectivity index (χ1n) is 5.94. The number of esters is 1. The Morgan fingerprint density at radius 2 is 2.11 bits per heavy atom. The van der Waals surface area contributed by atoms with E-state index in [1.165, 1.54) is 0 Å². The third-order valence-corrected chi connectivity index (χ3v) is 4.07. The first kappa shape index (κ1) is 13.8. The van der Waals surface area contributed by atoms with E-state index in [2.05, 4.69) is 20.9 Å². The second kappa shape index (κ2) is 5.17. The lowest BCUT2D eigenvalue weighted by atomic mass is 10.0. The van der Waals surface area contributed by atoms with Gasteiger partial charge < -0.3 is 9.72 Å². The summed E-state index contributed by atoms with van der Waals surface area (Å²) in [7, 11) is 0. The molecule has 4 nitrogen and oxygen atoms in total. The molecule has 2 aromatic rings. The summed E-state index contributed by atoms with van der Waals surface area (Å²) in [6.07, 6.45) is 0.687. The van der Waals surface area contributed by atoms with Crippen molar-refractivity contribution in [3.63, 3.8) is 0 Å². The van der Waals surface area contributed by atoms with Crippen LogP contribution in [-0.4, -0.2) is 23.8 Å². The Morgan fingerprint density at radius 3 is 2.68 bits per heavy atom. The lowest BCUT2D eigenvalue weighted by Gasteiger charge is -2.04. The average molecular weight is 324 g/mol. The number of carbonyl (C=O) groups excluding carboxylic acids is 2. The molecular formula is C14H14BrNO3. The van der Waals surface area contributed by atoms with Crippen LogP contribution in [0.5, 0.6) is 0 Å². The van der Waals surface area contributed by atoms with Crippen LogP contribution in [0.2, 0.25) is 0 Å². The average Bonchev–Trinajstić information content (AvgIpc) is 2.75. The predicted octanol–water partition coefficient (Wildman–Crippen LogP) is 3.54. The van der Waals surface area contributed by atoms with E-state index in [4.69, 9.17) is 4.74 Å². The van der Waals surface area contributed by atoms with E-state index >= 15 is 0 Å². The molecule has 0 spiro atoms. The van der Waals surface area contributed by atoms with Crippen molar-refractivity contribution in [3.8, 4) is 0 Å². The Morgan fingerprint density at radius 1 is 1.42 bits per heavy atom. The normalized spacial score (nSPS) is 10.7. The summed E-state index contributed by atoms with van der Waals surface area (Å²) in [4.78, 5) is 26.1. The zero-order chi connectivity index (χ0) is 14.2. The molecule has 0 radical (unpaired) electrons. The van der Waals surface area contributed by atoms with Gasteiger partial charge in [-0.2, -0.15) is 0 Å². The SMILES string of the molecule is CCOC(=O)c1[nH]c2c(C)c(C)c(Br)cc2c1C=O. The number of H-pyrrole nitrogens is 1. The molecule has 2 rings (SSSR count). The third-order valence-electron chi connectivity index (χ3n) is 3.24.